The predicted octanol–water partition coefficient (Wildman–Crippen LogP) is 1.95. The lowest BCUT2D eigenvalue weighted by Crippen LogP contribution is -2.46. The highest BCUT2D eigenvalue weighted by Crippen LogP contribution is 2.39. The summed E-state index contributed by atoms with van der Waals surface area (Å²) in [5, 5.41) is 12.4. The van der Waals surface area contributed by atoms with Gasteiger partial charge < -0.3 is 9.84 Å². The number of thioether (sulfide) groups is 1. The molecule has 1 atom stereocenters. The van der Waals surface area contributed by atoms with Crippen molar-refractivity contribution in [1.82, 2.24) is 5.32 Å². The summed E-state index contributed by atoms with van der Waals surface area (Å²) in [6.07, 6.45) is 1.53. The molecule has 1 aromatic rings. The smallest absolute Gasteiger partial charge is 0.344 e. The Labute approximate surface area is 132 Å². The zero-order valence-corrected chi connectivity index (χ0v) is 13.1. The number of thiol groups is 1. The quantitative estimate of drug-likeness (QED) is 0.436. The first-order chi connectivity index (χ1) is 10.1. The Balaban J connectivity index is 2.10. The Bertz CT molecular complexity index is 512. The van der Waals surface area contributed by atoms with Crippen LogP contribution in [0.1, 0.15) is 19.3 Å². The first-order valence-electron chi connectivity index (χ1n) is 6.65. The van der Waals surface area contributed by atoms with E-state index in [1.54, 1.807) is 24.3 Å². The van der Waals surface area contributed by atoms with Crippen molar-refractivity contribution in [2.24, 2.45) is 0 Å². The number of nitrogens with one attached hydrogen (secondary N) is 1. The van der Waals surface area contributed by atoms with Gasteiger partial charge in [-0.25, -0.2) is 4.79 Å². The molecule has 0 aromatic heterocycles. The van der Waals surface area contributed by atoms with E-state index in [0.717, 1.165) is 11.3 Å². The average Bonchev–Trinajstić information content (AvgIpc) is 2.91. The highest BCUT2D eigenvalue weighted by atomic mass is 32.2. The SMILES string of the molecule is O=C(CCS)OC(=O)[C@]1(Sc2ccc(O)cc2)CCCN1. The van der Waals surface area contributed by atoms with Gasteiger partial charge in [-0.3, -0.25) is 10.1 Å². The maximum Gasteiger partial charge on any atom is 0.344 e. The molecule has 1 fully saturated rings. The minimum absolute atomic E-state index is 0.106. The molecule has 0 spiro atoms. The number of carbonyl (C=O) groups excluding carboxylic acids is 2. The highest BCUT2D eigenvalue weighted by molar-refractivity contribution is 8.01. The second-order valence-electron chi connectivity index (χ2n) is 4.69. The van der Waals surface area contributed by atoms with E-state index in [9.17, 15) is 14.7 Å². The number of hydrogen-bond acceptors (Lipinski definition) is 7. The number of aromatic hydroxyl groups is 1. The molecule has 1 heterocycles. The molecule has 0 bridgehead atoms. The van der Waals surface area contributed by atoms with Crippen LogP contribution in [0, 0.1) is 0 Å². The van der Waals surface area contributed by atoms with Gasteiger partial charge in [-0.15, -0.1) is 0 Å². The summed E-state index contributed by atoms with van der Waals surface area (Å²) in [7, 11) is 0. The molecule has 1 saturated heterocycles. The number of ether oxygens (including phenoxy) is 1. The molecule has 0 amide bonds. The van der Waals surface area contributed by atoms with E-state index in [0.29, 0.717) is 18.7 Å². The number of phenols is 1. The van der Waals surface area contributed by atoms with Crippen LogP contribution in [0.5, 0.6) is 5.75 Å². The number of hydrogen-bond donors (Lipinski definition) is 3. The maximum atomic E-state index is 12.3. The Kier molecular flexibility index (Phi) is 5.55. The fraction of sp³-hybridized carbons (Fsp3) is 0.429. The van der Waals surface area contributed by atoms with Gasteiger partial charge in [0.25, 0.3) is 0 Å². The Morgan fingerprint density at radius 2 is 2.10 bits per heavy atom. The van der Waals surface area contributed by atoms with Crippen molar-refractivity contribution in [3.63, 3.8) is 0 Å². The number of benzene rings is 1. The van der Waals surface area contributed by atoms with E-state index in [4.69, 9.17) is 4.74 Å². The fourth-order valence-corrected chi connectivity index (χ4v) is 3.47. The van der Waals surface area contributed by atoms with Crippen molar-refractivity contribution in [1.29, 1.82) is 0 Å². The van der Waals surface area contributed by atoms with Gasteiger partial charge in [0, 0.05) is 10.6 Å². The van der Waals surface area contributed by atoms with Gasteiger partial charge in [0.1, 0.15) is 5.75 Å². The molecular weight excluding hydrogens is 310 g/mol. The van der Waals surface area contributed by atoms with Crippen molar-refractivity contribution in [2.75, 3.05) is 12.3 Å². The van der Waals surface area contributed by atoms with Gasteiger partial charge in [0.15, 0.2) is 4.87 Å². The second kappa shape index (κ2) is 7.20. The number of carbonyl (C=O) groups is 2. The van der Waals surface area contributed by atoms with Gasteiger partial charge in [-0.1, -0.05) is 11.8 Å². The molecule has 2 N–H and O–H groups in total. The summed E-state index contributed by atoms with van der Waals surface area (Å²) in [6, 6.07) is 6.57. The van der Waals surface area contributed by atoms with Crippen molar-refractivity contribution in [3.8, 4) is 5.75 Å². The van der Waals surface area contributed by atoms with E-state index in [2.05, 4.69) is 17.9 Å². The van der Waals surface area contributed by atoms with Crippen LogP contribution >= 0.6 is 24.4 Å². The van der Waals surface area contributed by atoms with Gasteiger partial charge in [-0.05, 0) is 43.7 Å². The van der Waals surface area contributed by atoms with Crippen LogP contribution in [0.15, 0.2) is 29.2 Å². The van der Waals surface area contributed by atoms with Crippen LogP contribution in [0.25, 0.3) is 0 Å². The molecule has 0 aliphatic carbocycles. The average molecular weight is 327 g/mol. The summed E-state index contributed by atoms with van der Waals surface area (Å²) in [4.78, 5) is 23.7. The lowest BCUT2D eigenvalue weighted by molar-refractivity contribution is -0.161. The van der Waals surface area contributed by atoms with Gasteiger partial charge >= 0.3 is 11.9 Å². The molecule has 7 heteroatoms. The molecule has 5 nitrogen and oxygen atoms in total. The van der Waals surface area contributed by atoms with Crippen molar-refractivity contribution in [3.05, 3.63) is 24.3 Å². The Hall–Kier alpha value is -1.18. The minimum Gasteiger partial charge on any atom is -0.508 e. The fourth-order valence-electron chi connectivity index (χ4n) is 2.06. The minimum atomic E-state index is -0.941. The lowest BCUT2D eigenvalue weighted by atomic mass is 10.2. The largest absolute Gasteiger partial charge is 0.508 e. The normalized spacial score (nSPS) is 21.2. The first kappa shape index (κ1) is 16.2. The maximum absolute atomic E-state index is 12.3. The van der Waals surface area contributed by atoms with E-state index in [1.165, 1.54) is 11.8 Å². The van der Waals surface area contributed by atoms with Crippen LogP contribution < -0.4 is 5.32 Å². The number of phenolic OH excluding ortho intramolecular Hbond substituents is 1. The van der Waals surface area contributed by atoms with E-state index in [-0.39, 0.29) is 12.2 Å². The van der Waals surface area contributed by atoms with Crippen LogP contribution in [0.4, 0.5) is 0 Å². The van der Waals surface area contributed by atoms with Crippen LogP contribution in [-0.4, -0.2) is 34.2 Å². The van der Waals surface area contributed by atoms with Crippen LogP contribution in [0.3, 0.4) is 0 Å². The second-order valence-corrected chi connectivity index (χ2v) is 6.51. The summed E-state index contributed by atoms with van der Waals surface area (Å²) < 4.78 is 4.91. The summed E-state index contributed by atoms with van der Waals surface area (Å²) in [5.74, 6) is -0.615. The molecule has 114 valence electrons. The zero-order chi connectivity index (χ0) is 15.3. The molecule has 0 radical (unpaired) electrons. The summed E-state index contributed by atoms with van der Waals surface area (Å²) >= 11 is 5.25. The third kappa shape index (κ3) is 4.15. The first-order valence-corrected chi connectivity index (χ1v) is 8.10. The predicted molar refractivity (Wildman–Crippen MR) is 83.5 cm³/mol. The van der Waals surface area contributed by atoms with Crippen molar-refractivity contribution in [2.45, 2.75) is 29.0 Å². The van der Waals surface area contributed by atoms with Crippen molar-refractivity contribution >= 4 is 36.3 Å². The molecule has 0 saturated carbocycles. The summed E-state index contributed by atoms with van der Waals surface area (Å²) in [6.45, 7) is 0.695. The third-order valence-corrected chi connectivity index (χ3v) is 4.69. The van der Waals surface area contributed by atoms with Crippen molar-refractivity contribution < 1.29 is 19.4 Å². The van der Waals surface area contributed by atoms with Gasteiger partial charge in [-0.2, -0.15) is 12.6 Å². The molecule has 2 rings (SSSR count). The molecule has 1 aliphatic rings. The Morgan fingerprint density at radius 1 is 1.38 bits per heavy atom. The molecule has 1 aliphatic heterocycles. The zero-order valence-electron chi connectivity index (χ0n) is 11.4. The highest BCUT2D eigenvalue weighted by Gasteiger charge is 2.44. The summed E-state index contributed by atoms with van der Waals surface area (Å²) in [5.41, 5.74) is 0. The van der Waals surface area contributed by atoms with E-state index < -0.39 is 16.8 Å². The molecular formula is C14H17NO4S2. The number of esters is 2. The molecule has 0 unspecified atom stereocenters. The van der Waals surface area contributed by atoms with E-state index in [1.807, 2.05) is 0 Å². The lowest BCUT2D eigenvalue weighted by Gasteiger charge is -2.25. The van der Waals surface area contributed by atoms with Gasteiger partial charge in [0.2, 0.25) is 0 Å². The molecule has 21 heavy (non-hydrogen) atoms. The standard InChI is InChI=1S/C14H17NO4S2/c16-10-2-4-11(5-3-10)21-14(7-1-8-15-14)13(18)19-12(17)6-9-20/h2-5,15-16,20H,1,6-9H2/t14-/m1/s1. The van der Waals surface area contributed by atoms with Gasteiger partial charge in [0.05, 0.1) is 6.42 Å². The third-order valence-electron chi connectivity index (χ3n) is 3.10. The number of rotatable bonds is 5. The molecule has 1 aromatic carbocycles. The van der Waals surface area contributed by atoms with Crippen LogP contribution in [0.2, 0.25) is 0 Å². The van der Waals surface area contributed by atoms with Crippen LogP contribution in [-0.2, 0) is 14.3 Å². The Morgan fingerprint density at radius 3 is 2.67 bits per heavy atom. The van der Waals surface area contributed by atoms with E-state index >= 15 is 0 Å². The topological polar surface area (TPSA) is 75.6 Å². The monoisotopic (exact) mass is 327 g/mol.